The Morgan fingerprint density at radius 1 is 1.33 bits per heavy atom. The molecule has 1 amide bonds. The molecule has 0 atom stereocenters. The molecule has 0 radical (unpaired) electrons. The minimum Gasteiger partial charge on any atom is -0.393 e. The lowest BCUT2D eigenvalue weighted by Gasteiger charge is -2.28. The predicted molar refractivity (Wildman–Crippen MR) is 103 cm³/mol. The molecule has 0 bridgehead atoms. The number of piperidine rings is 1. The van der Waals surface area contributed by atoms with E-state index in [1.54, 1.807) is 6.07 Å². The van der Waals surface area contributed by atoms with Crippen molar-refractivity contribution in [1.29, 1.82) is 0 Å². The molecular weight excluding hydrogens is 342 g/mol. The Morgan fingerprint density at radius 2 is 2.07 bits per heavy atom. The highest BCUT2D eigenvalue weighted by Crippen LogP contribution is 2.17. The van der Waals surface area contributed by atoms with E-state index < -0.39 is 0 Å². The number of aromatic nitrogens is 1. The summed E-state index contributed by atoms with van der Waals surface area (Å²) in [5.41, 5.74) is 2.63. The molecule has 1 aliphatic rings. The average molecular weight is 371 g/mol. The molecular formula is C21H29N3O3. The Kier molecular flexibility index (Phi) is 6.29. The van der Waals surface area contributed by atoms with E-state index in [0.717, 1.165) is 31.5 Å². The summed E-state index contributed by atoms with van der Waals surface area (Å²) in [7, 11) is 0. The van der Waals surface area contributed by atoms with E-state index in [9.17, 15) is 9.90 Å². The van der Waals surface area contributed by atoms with Crippen LogP contribution in [0.3, 0.4) is 0 Å². The molecule has 2 aromatic rings. The number of likely N-dealkylation sites (tertiary alicyclic amines) is 1. The topological polar surface area (TPSA) is 69.8 Å². The molecule has 3 rings (SSSR count). The second kappa shape index (κ2) is 8.67. The van der Waals surface area contributed by atoms with Gasteiger partial charge in [-0.1, -0.05) is 35.0 Å². The number of aliphatic hydroxyl groups is 1. The molecule has 1 aromatic carbocycles. The van der Waals surface area contributed by atoms with Gasteiger partial charge in [0, 0.05) is 31.7 Å². The lowest BCUT2D eigenvalue weighted by Crippen LogP contribution is -2.36. The second-order valence-corrected chi connectivity index (χ2v) is 7.70. The molecule has 27 heavy (non-hydrogen) atoms. The van der Waals surface area contributed by atoms with Gasteiger partial charge in [0.15, 0.2) is 11.5 Å². The van der Waals surface area contributed by atoms with Crippen molar-refractivity contribution in [3.8, 4) is 0 Å². The fourth-order valence-corrected chi connectivity index (χ4v) is 3.43. The van der Waals surface area contributed by atoms with Crippen LogP contribution in [0.15, 0.2) is 34.9 Å². The zero-order valence-corrected chi connectivity index (χ0v) is 16.4. The highest BCUT2D eigenvalue weighted by Gasteiger charge is 2.24. The third-order valence-electron chi connectivity index (χ3n) is 5.03. The molecule has 6 nitrogen and oxygen atoms in total. The van der Waals surface area contributed by atoms with Gasteiger partial charge >= 0.3 is 0 Å². The van der Waals surface area contributed by atoms with Gasteiger partial charge < -0.3 is 14.5 Å². The van der Waals surface area contributed by atoms with Crippen molar-refractivity contribution in [2.75, 3.05) is 13.1 Å². The van der Waals surface area contributed by atoms with Gasteiger partial charge in [0.05, 0.1) is 12.6 Å². The monoisotopic (exact) mass is 371 g/mol. The Balaban J connectivity index is 1.66. The van der Waals surface area contributed by atoms with E-state index >= 15 is 0 Å². The number of carbonyl (C=O) groups is 1. The van der Waals surface area contributed by atoms with Crippen LogP contribution in [0.25, 0.3) is 0 Å². The summed E-state index contributed by atoms with van der Waals surface area (Å²) in [4.78, 5) is 17.0. The summed E-state index contributed by atoms with van der Waals surface area (Å²) in [6, 6.07) is 10.0. The summed E-state index contributed by atoms with van der Waals surface area (Å²) in [5.74, 6) is 0.574. The Hall–Kier alpha value is -2.18. The predicted octanol–water partition coefficient (Wildman–Crippen LogP) is 2.99. The minimum atomic E-state index is -0.200. The number of benzene rings is 1. The summed E-state index contributed by atoms with van der Waals surface area (Å²) in [5, 5.41) is 13.6. The minimum absolute atomic E-state index is 0.0572. The van der Waals surface area contributed by atoms with Crippen molar-refractivity contribution in [3.05, 3.63) is 52.9 Å². The van der Waals surface area contributed by atoms with E-state index in [1.807, 2.05) is 30.9 Å². The molecule has 0 spiro atoms. The quantitative estimate of drug-likeness (QED) is 0.845. The molecule has 146 valence electrons. The SMILES string of the molecule is Cc1cccc(CN(C(=O)c2cc(CN3CCC(O)CC3)on2)C(C)C)c1. The van der Waals surface area contributed by atoms with E-state index in [1.165, 1.54) is 5.56 Å². The summed E-state index contributed by atoms with van der Waals surface area (Å²) >= 11 is 0. The Bertz CT molecular complexity index is 764. The third-order valence-corrected chi connectivity index (χ3v) is 5.03. The third kappa shape index (κ3) is 5.17. The van der Waals surface area contributed by atoms with Crippen LogP contribution in [0.2, 0.25) is 0 Å². The number of nitrogens with zero attached hydrogens (tertiary/aromatic N) is 3. The first kappa shape index (κ1) is 19.6. The van der Waals surface area contributed by atoms with Crippen molar-refractivity contribution >= 4 is 5.91 Å². The summed E-state index contributed by atoms with van der Waals surface area (Å²) < 4.78 is 5.41. The fourth-order valence-electron chi connectivity index (χ4n) is 3.43. The van der Waals surface area contributed by atoms with E-state index in [0.29, 0.717) is 24.5 Å². The van der Waals surface area contributed by atoms with Gasteiger partial charge in [0.1, 0.15) is 0 Å². The Labute approximate surface area is 160 Å². The van der Waals surface area contributed by atoms with Crippen LogP contribution in [-0.2, 0) is 13.1 Å². The number of hydrogen-bond donors (Lipinski definition) is 1. The van der Waals surface area contributed by atoms with Gasteiger partial charge in [-0.25, -0.2) is 0 Å². The molecule has 1 fully saturated rings. The number of aryl methyl sites for hydroxylation is 1. The Morgan fingerprint density at radius 3 is 2.74 bits per heavy atom. The fraction of sp³-hybridized carbons (Fsp3) is 0.524. The van der Waals surface area contributed by atoms with Crippen molar-refractivity contribution in [1.82, 2.24) is 15.0 Å². The molecule has 6 heteroatoms. The molecule has 0 aliphatic carbocycles. The molecule has 1 aliphatic heterocycles. The first-order valence-corrected chi connectivity index (χ1v) is 9.65. The van der Waals surface area contributed by atoms with Gasteiger partial charge in [-0.3, -0.25) is 9.69 Å². The normalized spacial score (nSPS) is 16.0. The highest BCUT2D eigenvalue weighted by atomic mass is 16.5. The smallest absolute Gasteiger partial charge is 0.276 e. The maximum absolute atomic E-state index is 13.0. The number of aliphatic hydroxyl groups excluding tert-OH is 1. The van der Waals surface area contributed by atoms with Gasteiger partial charge in [0.2, 0.25) is 0 Å². The van der Waals surface area contributed by atoms with E-state index in [-0.39, 0.29) is 18.1 Å². The molecule has 1 saturated heterocycles. The first-order valence-electron chi connectivity index (χ1n) is 9.65. The van der Waals surface area contributed by atoms with Crippen LogP contribution in [0.4, 0.5) is 0 Å². The van der Waals surface area contributed by atoms with Crippen LogP contribution in [0.1, 0.15) is 54.1 Å². The van der Waals surface area contributed by atoms with Gasteiger partial charge in [-0.15, -0.1) is 0 Å². The molecule has 1 N–H and O–H groups in total. The maximum atomic E-state index is 13.0. The largest absolute Gasteiger partial charge is 0.393 e. The standard InChI is InChI=1S/C21H29N3O3/c1-15(2)24(13-17-6-4-5-16(3)11-17)21(26)20-12-19(27-22-20)14-23-9-7-18(25)8-10-23/h4-6,11-12,15,18,25H,7-10,13-14H2,1-3H3. The van der Waals surface area contributed by atoms with Gasteiger partial charge in [-0.05, 0) is 39.2 Å². The average Bonchev–Trinajstić information content (AvgIpc) is 3.09. The van der Waals surface area contributed by atoms with Crippen LogP contribution < -0.4 is 0 Å². The molecule has 1 aromatic heterocycles. The van der Waals surface area contributed by atoms with Crippen molar-refractivity contribution in [2.24, 2.45) is 0 Å². The number of carbonyl (C=O) groups excluding carboxylic acids is 1. The van der Waals surface area contributed by atoms with Crippen molar-refractivity contribution in [2.45, 2.75) is 58.8 Å². The first-order chi connectivity index (χ1) is 12.9. The summed E-state index contributed by atoms with van der Waals surface area (Å²) in [6.45, 7) is 8.89. The highest BCUT2D eigenvalue weighted by molar-refractivity contribution is 5.92. The van der Waals surface area contributed by atoms with Gasteiger partial charge in [0.25, 0.3) is 5.91 Å². The lowest BCUT2D eigenvalue weighted by atomic mass is 10.1. The number of amides is 1. The molecule has 0 saturated carbocycles. The zero-order chi connectivity index (χ0) is 19.4. The van der Waals surface area contributed by atoms with Crippen LogP contribution >= 0.6 is 0 Å². The van der Waals surface area contributed by atoms with Crippen LogP contribution in [-0.4, -0.2) is 51.2 Å². The lowest BCUT2D eigenvalue weighted by molar-refractivity contribution is 0.0677. The zero-order valence-electron chi connectivity index (χ0n) is 16.4. The van der Waals surface area contributed by atoms with E-state index in [4.69, 9.17) is 4.52 Å². The maximum Gasteiger partial charge on any atom is 0.276 e. The van der Waals surface area contributed by atoms with Crippen LogP contribution in [0, 0.1) is 6.92 Å². The molecule has 2 heterocycles. The van der Waals surface area contributed by atoms with Crippen LogP contribution in [0.5, 0.6) is 0 Å². The summed E-state index contributed by atoms with van der Waals surface area (Å²) in [6.07, 6.45) is 1.35. The second-order valence-electron chi connectivity index (χ2n) is 7.70. The molecule has 0 unspecified atom stereocenters. The number of hydrogen-bond acceptors (Lipinski definition) is 5. The van der Waals surface area contributed by atoms with E-state index in [2.05, 4.69) is 29.1 Å². The van der Waals surface area contributed by atoms with Gasteiger partial charge in [-0.2, -0.15) is 0 Å². The van der Waals surface area contributed by atoms with Crippen molar-refractivity contribution in [3.63, 3.8) is 0 Å². The number of rotatable bonds is 6. The van der Waals surface area contributed by atoms with Crippen molar-refractivity contribution < 1.29 is 14.4 Å².